The number of carbonyl (C=O) groups is 1. The molecule has 1 aliphatic heterocycles. The Morgan fingerprint density at radius 2 is 2.06 bits per heavy atom. The molecule has 1 saturated heterocycles. The standard InChI is InChI=1S/C13H24O4/c1-10(2)13(14)17-9-11(3)8-16-12-6-4-5-7-15-12/h10-12H,4-9H2,1-3H3. The third-order valence-electron chi connectivity index (χ3n) is 2.69. The topological polar surface area (TPSA) is 44.8 Å². The zero-order chi connectivity index (χ0) is 12.7. The van der Waals surface area contributed by atoms with E-state index in [1.807, 2.05) is 20.8 Å². The highest BCUT2D eigenvalue weighted by Crippen LogP contribution is 2.14. The van der Waals surface area contributed by atoms with Gasteiger partial charge in [0, 0.05) is 12.5 Å². The largest absolute Gasteiger partial charge is 0.465 e. The van der Waals surface area contributed by atoms with Crippen molar-refractivity contribution in [2.24, 2.45) is 11.8 Å². The summed E-state index contributed by atoms with van der Waals surface area (Å²) in [5, 5.41) is 0. The summed E-state index contributed by atoms with van der Waals surface area (Å²) in [5.41, 5.74) is 0. The minimum Gasteiger partial charge on any atom is -0.465 e. The minimum atomic E-state index is -0.147. The van der Waals surface area contributed by atoms with Gasteiger partial charge in [0.05, 0.1) is 19.1 Å². The first-order valence-corrected chi connectivity index (χ1v) is 6.49. The molecule has 0 aromatic rings. The third kappa shape index (κ3) is 6.03. The highest BCUT2D eigenvalue weighted by atomic mass is 16.7. The van der Waals surface area contributed by atoms with Crippen molar-refractivity contribution in [3.63, 3.8) is 0 Å². The smallest absolute Gasteiger partial charge is 0.308 e. The first-order chi connectivity index (χ1) is 8.09. The molecule has 0 spiro atoms. The maximum atomic E-state index is 11.3. The van der Waals surface area contributed by atoms with E-state index in [0.717, 1.165) is 19.4 Å². The molecule has 0 aliphatic carbocycles. The molecule has 4 heteroatoms. The Hall–Kier alpha value is -0.610. The van der Waals surface area contributed by atoms with Gasteiger partial charge in [-0.25, -0.2) is 0 Å². The molecule has 1 fully saturated rings. The second-order valence-electron chi connectivity index (χ2n) is 5.02. The Balaban J connectivity index is 2.07. The fourth-order valence-corrected chi connectivity index (χ4v) is 1.55. The van der Waals surface area contributed by atoms with Crippen LogP contribution in [0.1, 0.15) is 40.0 Å². The lowest BCUT2D eigenvalue weighted by atomic mass is 10.2. The Morgan fingerprint density at radius 3 is 2.65 bits per heavy atom. The highest BCUT2D eigenvalue weighted by Gasteiger charge is 2.16. The van der Waals surface area contributed by atoms with E-state index in [2.05, 4.69) is 0 Å². The van der Waals surface area contributed by atoms with Crippen molar-refractivity contribution in [1.82, 2.24) is 0 Å². The van der Waals surface area contributed by atoms with Crippen molar-refractivity contribution in [3.8, 4) is 0 Å². The Labute approximate surface area is 104 Å². The zero-order valence-corrected chi connectivity index (χ0v) is 11.1. The van der Waals surface area contributed by atoms with Crippen LogP contribution in [-0.2, 0) is 19.0 Å². The average molecular weight is 244 g/mol. The van der Waals surface area contributed by atoms with E-state index in [4.69, 9.17) is 14.2 Å². The number of hydrogen-bond acceptors (Lipinski definition) is 4. The number of hydrogen-bond donors (Lipinski definition) is 0. The summed E-state index contributed by atoms with van der Waals surface area (Å²) in [6, 6.07) is 0. The summed E-state index contributed by atoms with van der Waals surface area (Å²) in [5.74, 6) is -0.00112. The lowest BCUT2D eigenvalue weighted by Crippen LogP contribution is -2.26. The summed E-state index contributed by atoms with van der Waals surface area (Å²) in [6.45, 7) is 7.47. The predicted molar refractivity (Wildman–Crippen MR) is 64.5 cm³/mol. The Kier molecular flexibility index (Phi) is 6.52. The number of carbonyl (C=O) groups excluding carboxylic acids is 1. The molecule has 100 valence electrons. The molecule has 0 saturated carbocycles. The summed E-state index contributed by atoms with van der Waals surface area (Å²) >= 11 is 0. The van der Waals surface area contributed by atoms with Crippen LogP contribution in [-0.4, -0.2) is 32.1 Å². The van der Waals surface area contributed by atoms with Gasteiger partial charge in [-0.2, -0.15) is 0 Å². The first kappa shape index (κ1) is 14.5. The van der Waals surface area contributed by atoms with Crippen molar-refractivity contribution in [3.05, 3.63) is 0 Å². The molecule has 1 rings (SSSR count). The summed E-state index contributed by atoms with van der Waals surface area (Å²) in [6.07, 6.45) is 3.20. The zero-order valence-electron chi connectivity index (χ0n) is 11.1. The van der Waals surface area contributed by atoms with E-state index in [9.17, 15) is 4.79 Å². The maximum absolute atomic E-state index is 11.3. The van der Waals surface area contributed by atoms with Crippen LogP contribution in [0.25, 0.3) is 0 Å². The molecule has 0 bridgehead atoms. The molecule has 17 heavy (non-hydrogen) atoms. The van der Waals surface area contributed by atoms with Crippen molar-refractivity contribution < 1.29 is 19.0 Å². The van der Waals surface area contributed by atoms with Crippen LogP contribution < -0.4 is 0 Å². The fourth-order valence-electron chi connectivity index (χ4n) is 1.55. The SMILES string of the molecule is CC(COC(=O)C(C)C)COC1CCCCO1. The molecule has 1 heterocycles. The number of esters is 1. The molecule has 2 atom stereocenters. The molecule has 0 radical (unpaired) electrons. The molecule has 0 aromatic heterocycles. The molecule has 0 aromatic carbocycles. The Morgan fingerprint density at radius 1 is 1.29 bits per heavy atom. The molecule has 4 nitrogen and oxygen atoms in total. The van der Waals surface area contributed by atoms with Crippen LogP contribution >= 0.6 is 0 Å². The van der Waals surface area contributed by atoms with Gasteiger partial charge < -0.3 is 14.2 Å². The van der Waals surface area contributed by atoms with Crippen molar-refractivity contribution >= 4 is 5.97 Å². The van der Waals surface area contributed by atoms with E-state index in [1.54, 1.807) is 0 Å². The van der Waals surface area contributed by atoms with E-state index >= 15 is 0 Å². The van der Waals surface area contributed by atoms with Gasteiger partial charge in [0.2, 0.25) is 0 Å². The lowest BCUT2D eigenvalue weighted by Gasteiger charge is -2.24. The van der Waals surface area contributed by atoms with E-state index in [0.29, 0.717) is 13.2 Å². The van der Waals surface area contributed by atoms with Gasteiger partial charge in [-0.3, -0.25) is 4.79 Å². The second kappa shape index (κ2) is 7.67. The van der Waals surface area contributed by atoms with Gasteiger partial charge in [0.1, 0.15) is 0 Å². The van der Waals surface area contributed by atoms with Crippen LogP contribution in [0.2, 0.25) is 0 Å². The van der Waals surface area contributed by atoms with Crippen molar-refractivity contribution in [2.75, 3.05) is 19.8 Å². The van der Waals surface area contributed by atoms with E-state index < -0.39 is 0 Å². The van der Waals surface area contributed by atoms with Gasteiger partial charge >= 0.3 is 5.97 Å². The number of ether oxygens (including phenoxy) is 3. The molecule has 1 aliphatic rings. The van der Waals surface area contributed by atoms with Crippen LogP contribution in [0.4, 0.5) is 0 Å². The number of rotatable bonds is 6. The molecular weight excluding hydrogens is 220 g/mol. The van der Waals surface area contributed by atoms with Crippen LogP contribution in [0.5, 0.6) is 0 Å². The second-order valence-corrected chi connectivity index (χ2v) is 5.02. The molecule has 0 N–H and O–H groups in total. The average Bonchev–Trinajstić information content (AvgIpc) is 2.34. The van der Waals surface area contributed by atoms with Gasteiger partial charge in [-0.15, -0.1) is 0 Å². The fraction of sp³-hybridized carbons (Fsp3) is 0.923. The molecule has 0 amide bonds. The third-order valence-corrected chi connectivity index (χ3v) is 2.69. The minimum absolute atomic E-state index is 0.0630. The first-order valence-electron chi connectivity index (χ1n) is 6.49. The van der Waals surface area contributed by atoms with Crippen molar-refractivity contribution in [1.29, 1.82) is 0 Å². The van der Waals surface area contributed by atoms with E-state index in [-0.39, 0.29) is 24.1 Å². The van der Waals surface area contributed by atoms with Gasteiger partial charge in [0.15, 0.2) is 6.29 Å². The van der Waals surface area contributed by atoms with Crippen LogP contribution in [0.3, 0.4) is 0 Å². The predicted octanol–water partition coefficient (Wildman–Crippen LogP) is 2.36. The van der Waals surface area contributed by atoms with Crippen molar-refractivity contribution in [2.45, 2.75) is 46.3 Å². The lowest BCUT2D eigenvalue weighted by molar-refractivity contribution is -0.172. The normalized spacial score (nSPS) is 22.5. The molecular formula is C13H24O4. The van der Waals surface area contributed by atoms with Crippen LogP contribution in [0.15, 0.2) is 0 Å². The van der Waals surface area contributed by atoms with Crippen LogP contribution in [0, 0.1) is 11.8 Å². The monoisotopic (exact) mass is 244 g/mol. The van der Waals surface area contributed by atoms with Gasteiger partial charge in [-0.1, -0.05) is 20.8 Å². The quantitative estimate of drug-likeness (QED) is 0.673. The highest BCUT2D eigenvalue weighted by molar-refractivity contribution is 5.71. The molecule has 2 unspecified atom stereocenters. The van der Waals surface area contributed by atoms with E-state index in [1.165, 1.54) is 6.42 Å². The van der Waals surface area contributed by atoms with Gasteiger partial charge in [-0.05, 0) is 19.3 Å². The maximum Gasteiger partial charge on any atom is 0.308 e. The summed E-state index contributed by atoms with van der Waals surface area (Å²) in [7, 11) is 0. The van der Waals surface area contributed by atoms with Gasteiger partial charge in [0.25, 0.3) is 0 Å². The summed E-state index contributed by atoms with van der Waals surface area (Å²) in [4.78, 5) is 11.3. The Bertz CT molecular complexity index is 221. The summed E-state index contributed by atoms with van der Waals surface area (Å²) < 4.78 is 16.2.